The van der Waals surface area contributed by atoms with Gasteiger partial charge in [-0.1, -0.05) is 6.07 Å². The van der Waals surface area contributed by atoms with Crippen LogP contribution in [0.3, 0.4) is 0 Å². The molecule has 1 amide bonds. The van der Waals surface area contributed by atoms with Crippen molar-refractivity contribution in [1.82, 2.24) is 0 Å². The molecular formula is C13H17NO3. The summed E-state index contributed by atoms with van der Waals surface area (Å²) in [5.74, 6) is 1.35. The second-order valence-electron chi connectivity index (χ2n) is 4.23. The van der Waals surface area contributed by atoms with Crippen molar-refractivity contribution >= 4 is 11.8 Å². The van der Waals surface area contributed by atoms with Crippen molar-refractivity contribution < 1.29 is 14.3 Å². The number of amides is 1. The van der Waals surface area contributed by atoms with Gasteiger partial charge in [-0.05, 0) is 30.9 Å². The third-order valence-corrected chi connectivity index (χ3v) is 2.90. The van der Waals surface area contributed by atoms with Crippen LogP contribution in [-0.4, -0.2) is 26.9 Å². The number of ether oxygens (including phenoxy) is 2. The van der Waals surface area contributed by atoms with Crippen LogP contribution in [0.15, 0.2) is 24.3 Å². The molecule has 1 aliphatic carbocycles. The Kier molecular flexibility index (Phi) is 3.52. The molecule has 0 heterocycles. The fourth-order valence-electron chi connectivity index (χ4n) is 1.73. The van der Waals surface area contributed by atoms with Gasteiger partial charge in [0.25, 0.3) is 0 Å². The van der Waals surface area contributed by atoms with Crippen LogP contribution in [-0.2, 0) is 4.74 Å². The number of rotatable bonds is 4. The summed E-state index contributed by atoms with van der Waals surface area (Å²) in [6.45, 7) is 0.722. The molecule has 2 rings (SSSR count). The molecule has 1 aromatic carbocycles. The number of benzene rings is 1. The molecule has 4 heteroatoms. The Morgan fingerprint density at radius 3 is 2.76 bits per heavy atom. The number of nitrogens with zero attached hydrogens (tertiary/aromatic N) is 1. The van der Waals surface area contributed by atoms with E-state index in [1.54, 1.807) is 12.0 Å². The van der Waals surface area contributed by atoms with E-state index in [1.165, 1.54) is 20.0 Å². The van der Waals surface area contributed by atoms with Crippen LogP contribution in [0.2, 0.25) is 0 Å². The minimum Gasteiger partial charge on any atom is -0.497 e. The highest BCUT2D eigenvalue weighted by atomic mass is 16.5. The van der Waals surface area contributed by atoms with E-state index in [4.69, 9.17) is 9.47 Å². The second kappa shape index (κ2) is 5.08. The summed E-state index contributed by atoms with van der Waals surface area (Å²) in [5, 5.41) is 0. The Balaban J connectivity index is 2.19. The summed E-state index contributed by atoms with van der Waals surface area (Å²) in [4.78, 5) is 13.4. The van der Waals surface area contributed by atoms with Gasteiger partial charge in [0.2, 0.25) is 0 Å². The Morgan fingerprint density at radius 1 is 1.41 bits per heavy atom. The molecule has 0 radical (unpaired) electrons. The lowest BCUT2D eigenvalue weighted by Crippen LogP contribution is -2.32. The molecule has 4 nitrogen and oxygen atoms in total. The maximum atomic E-state index is 11.7. The van der Waals surface area contributed by atoms with Crippen LogP contribution < -0.4 is 9.64 Å². The first-order valence-electron chi connectivity index (χ1n) is 5.74. The average molecular weight is 235 g/mol. The summed E-state index contributed by atoms with van der Waals surface area (Å²) in [6, 6.07) is 7.47. The molecule has 0 atom stereocenters. The molecule has 0 N–H and O–H groups in total. The molecule has 0 saturated heterocycles. The third-order valence-electron chi connectivity index (χ3n) is 2.90. The lowest BCUT2D eigenvalue weighted by molar-refractivity contribution is 0.178. The van der Waals surface area contributed by atoms with E-state index in [1.807, 2.05) is 24.3 Å². The van der Waals surface area contributed by atoms with Crippen molar-refractivity contribution in [3.8, 4) is 5.75 Å². The van der Waals surface area contributed by atoms with E-state index in [2.05, 4.69) is 0 Å². The third kappa shape index (κ3) is 2.90. The molecular weight excluding hydrogens is 218 g/mol. The lowest BCUT2D eigenvalue weighted by atomic mass is 10.2. The van der Waals surface area contributed by atoms with Gasteiger partial charge in [-0.15, -0.1) is 0 Å². The fraction of sp³-hybridized carbons (Fsp3) is 0.462. The molecule has 0 aromatic heterocycles. The number of carbonyl (C=O) groups is 1. The standard InChI is InChI=1S/C13H17NO3/c1-16-12-5-3-4-11(8-12)14(13(15)17-2)9-10-6-7-10/h3-5,8,10H,6-7,9H2,1-2H3. The molecule has 0 spiro atoms. The minimum atomic E-state index is -0.315. The second-order valence-corrected chi connectivity index (χ2v) is 4.23. The van der Waals surface area contributed by atoms with Crippen LogP contribution in [0, 0.1) is 5.92 Å². The van der Waals surface area contributed by atoms with Gasteiger partial charge >= 0.3 is 6.09 Å². The molecule has 92 valence electrons. The highest BCUT2D eigenvalue weighted by molar-refractivity contribution is 5.87. The quantitative estimate of drug-likeness (QED) is 0.805. The maximum absolute atomic E-state index is 11.7. The molecule has 1 aliphatic rings. The first-order valence-corrected chi connectivity index (χ1v) is 5.74. The summed E-state index contributed by atoms with van der Waals surface area (Å²) >= 11 is 0. The normalized spacial score (nSPS) is 14.2. The fourth-order valence-corrected chi connectivity index (χ4v) is 1.73. The summed E-state index contributed by atoms with van der Waals surface area (Å²) < 4.78 is 9.98. The largest absolute Gasteiger partial charge is 0.497 e. The number of hydrogen-bond donors (Lipinski definition) is 0. The number of anilines is 1. The minimum absolute atomic E-state index is 0.315. The average Bonchev–Trinajstić information content (AvgIpc) is 3.19. The van der Waals surface area contributed by atoms with Crippen LogP contribution in [0.5, 0.6) is 5.75 Å². The van der Waals surface area contributed by atoms with Gasteiger partial charge in [-0.25, -0.2) is 4.79 Å². The van der Waals surface area contributed by atoms with Gasteiger partial charge in [0.15, 0.2) is 0 Å². The first-order chi connectivity index (χ1) is 8.24. The lowest BCUT2D eigenvalue weighted by Gasteiger charge is -2.21. The molecule has 0 bridgehead atoms. The number of methoxy groups -OCH3 is 2. The molecule has 0 unspecified atom stereocenters. The first kappa shape index (κ1) is 11.8. The Hall–Kier alpha value is -1.71. The molecule has 1 fully saturated rings. The van der Waals surface area contributed by atoms with E-state index in [0.29, 0.717) is 5.92 Å². The summed E-state index contributed by atoms with van der Waals surface area (Å²) in [5.41, 5.74) is 0.822. The zero-order valence-corrected chi connectivity index (χ0v) is 10.2. The Bertz CT molecular complexity index is 401. The molecule has 1 saturated carbocycles. The van der Waals surface area contributed by atoms with Crippen LogP contribution >= 0.6 is 0 Å². The predicted octanol–water partition coefficient (Wildman–Crippen LogP) is 2.68. The van der Waals surface area contributed by atoms with Crippen molar-refractivity contribution in [1.29, 1.82) is 0 Å². The van der Waals surface area contributed by atoms with E-state index >= 15 is 0 Å². The summed E-state index contributed by atoms with van der Waals surface area (Å²) in [7, 11) is 3.02. The Labute approximate surface area is 101 Å². The van der Waals surface area contributed by atoms with E-state index in [9.17, 15) is 4.79 Å². The van der Waals surface area contributed by atoms with Crippen LogP contribution in [0.1, 0.15) is 12.8 Å². The number of carbonyl (C=O) groups excluding carboxylic acids is 1. The van der Waals surface area contributed by atoms with Gasteiger partial charge < -0.3 is 9.47 Å². The SMILES string of the molecule is COC(=O)N(CC1CC1)c1cccc(OC)c1. The van der Waals surface area contributed by atoms with E-state index in [0.717, 1.165) is 18.0 Å². The number of hydrogen-bond acceptors (Lipinski definition) is 3. The van der Waals surface area contributed by atoms with Crippen LogP contribution in [0.25, 0.3) is 0 Å². The zero-order valence-electron chi connectivity index (χ0n) is 10.2. The molecule has 1 aromatic rings. The topological polar surface area (TPSA) is 38.8 Å². The van der Waals surface area contributed by atoms with Crippen LogP contribution in [0.4, 0.5) is 10.5 Å². The Morgan fingerprint density at radius 2 is 2.18 bits per heavy atom. The van der Waals surface area contributed by atoms with Crippen molar-refractivity contribution in [2.75, 3.05) is 25.7 Å². The van der Waals surface area contributed by atoms with Gasteiger partial charge in [0.05, 0.1) is 19.9 Å². The molecule has 17 heavy (non-hydrogen) atoms. The highest BCUT2D eigenvalue weighted by Crippen LogP contribution is 2.32. The zero-order chi connectivity index (χ0) is 12.3. The van der Waals surface area contributed by atoms with Crippen molar-refractivity contribution in [3.63, 3.8) is 0 Å². The van der Waals surface area contributed by atoms with Gasteiger partial charge in [0.1, 0.15) is 5.75 Å². The van der Waals surface area contributed by atoms with Gasteiger partial charge in [0, 0.05) is 12.6 Å². The van der Waals surface area contributed by atoms with Gasteiger partial charge in [-0.3, -0.25) is 4.90 Å². The monoisotopic (exact) mass is 235 g/mol. The van der Waals surface area contributed by atoms with Crippen molar-refractivity contribution in [3.05, 3.63) is 24.3 Å². The van der Waals surface area contributed by atoms with Crippen molar-refractivity contribution in [2.24, 2.45) is 5.92 Å². The van der Waals surface area contributed by atoms with E-state index in [-0.39, 0.29) is 6.09 Å². The van der Waals surface area contributed by atoms with Crippen molar-refractivity contribution in [2.45, 2.75) is 12.8 Å². The summed E-state index contributed by atoms with van der Waals surface area (Å²) in [6.07, 6.45) is 2.07. The van der Waals surface area contributed by atoms with Gasteiger partial charge in [-0.2, -0.15) is 0 Å². The van der Waals surface area contributed by atoms with E-state index < -0.39 is 0 Å². The maximum Gasteiger partial charge on any atom is 0.414 e. The highest BCUT2D eigenvalue weighted by Gasteiger charge is 2.28. The molecule has 0 aliphatic heterocycles. The predicted molar refractivity (Wildman–Crippen MR) is 65.5 cm³/mol. The smallest absolute Gasteiger partial charge is 0.414 e.